The van der Waals surface area contributed by atoms with E-state index >= 15 is 0 Å². The first-order valence-electron chi connectivity index (χ1n) is 4.48. The standard InChI is InChI=1S/C10H8F2N3/c1-2-15-6-13-10(14-15)8-4-3-7(11)5-9(8)12/h3-5H,2H2,1H3. The predicted molar refractivity (Wildman–Crippen MR) is 49.9 cm³/mol. The summed E-state index contributed by atoms with van der Waals surface area (Å²) in [6, 6.07) is 3.29. The molecule has 0 saturated heterocycles. The van der Waals surface area contributed by atoms with Gasteiger partial charge < -0.3 is 0 Å². The van der Waals surface area contributed by atoms with Crippen molar-refractivity contribution in [2.75, 3.05) is 0 Å². The highest BCUT2D eigenvalue weighted by molar-refractivity contribution is 5.54. The molecule has 15 heavy (non-hydrogen) atoms. The third-order valence-electron chi connectivity index (χ3n) is 1.96. The molecular weight excluding hydrogens is 200 g/mol. The second kappa shape index (κ2) is 3.76. The van der Waals surface area contributed by atoms with Gasteiger partial charge in [0.05, 0.1) is 5.56 Å². The van der Waals surface area contributed by atoms with Gasteiger partial charge in [-0.15, -0.1) is 0 Å². The van der Waals surface area contributed by atoms with Crippen LogP contribution in [0.5, 0.6) is 0 Å². The summed E-state index contributed by atoms with van der Waals surface area (Å²) < 4.78 is 27.4. The first-order chi connectivity index (χ1) is 7.20. The zero-order chi connectivity index (χ0) is 10.8. The van der Waals surface area contributed by atoms with Gasteiger partial charge in [0.2, 0.25) is 0 Å². The van der Waals surface area contributed by atoms with Crippen LogP contribution in [-0.4, -0.2) is 14.8 Å². The Morgan fingerprint density at radius 1 is 1.40 bits per heavy atom. The van der Waals surface area contributed by atoms with Crippen LogP contribution < -0.4 is 0 Å². The smallest absolute Gasteiger partial charge is 0.196 e. The van der Waals surface area contributed by atoms with Gasteiger partial charge >= 0.3 is 0 Å². The Morgan fingerprint density at radius 3 is 2.80 bits per heavy atom. The number of hydrogen-bond donors (Lipinski definition) is 0. The minimum Gasteiger partial charge on any atom is -0.243 e. The molecule has 0 fully saturated rings. The summed E-state index contributed by atoms with van der Waals surface area (Å²) in [5.41, 5.74) is 0.180. The maximum atomic E-state index is 13.3. The highest BCUT2D eigenvalue weighted by atomic mass is 19.1. The number of hydrogen-bond acceptors (Lipinski definition) is 2. The van der Waals surface area contributed by atoms with Crippen molar-refractivity contribution in [3.05, 3.63) is 36.2 Å². The van der Waals surface area contributed by atoms with Crippen molar-refractivity contribution in [2.24, 2.45) is 0 Å². The molecule has 2 aromatic rings. The van der Waals surface area contributed by atoms with Crippen LogP contribution in [-0.2, 0) is 6.54 Å². The fraction of sp³-hybridized carbons (Fsp3) is 0.200. The van der Waals surface area contributed by atoms with Crippen molar-refractivity contribution in [3.63, 3.8) is 0 Å². The van der Waals surface area contributed by atoms with Gasteiger partial charge in [0.25, 0.3) is 0 Å². The van der Waals surface area contributed by atoms with Gasteiger partial charge in [-0.1, -0.05) is 0 Å². The van der Waals surface area contributed by atoms with Crippen LogP contribution in [0.15, 0.2) is 18.2 Å². The van der Waals surface area contributed by atoms with E-state index in [0.717, 1.165) is 6.07 Å². The summed E-state index contributed by atoms with van der Waals surface area (Å²) in [6.45, 7) is 2.48. The van der Waals surface area contributed by atoms with Crippen molar-refractivity contribution < 1.29 is 8.78 Å². The normalized spacial score (nSPS) is 10.6. The van der Waals surface area contributed by atoms with E-state index in [9.17, 15) is 8.78 Å². The molecule has 0 aliphatic rings. The molecule has 0 aliphatic heterocycles. The van der Waals surface area contributed by atoms with Gasteiger partial charge in [0, 0.05) is 12.6 Å². The fourth-order valence-electron chi connectivity index (χ4n) is 1.19. The summed E-state index contributed by atoms with van der Waals surface area (Å²) >= 11 is 0. The third-order valence-corrected chi connectivity index (χ3v) is 1.96. The first-order valence-corrected chi connectivity index (χ1v) is 4.48. The van der Waals surface area contributed by atoms with Gasteiger partial charge in [0.15, 0.2) is 12.2 Å². The molecule has 0 N–H and O–H groups in total. The zero-order valence-corrected chi connectivity index (χ0v) is 8.04. The molecule has 5 heteroatoms. The minimum atomic E-state index is -0.669. The van der Waals surface area contributed by atoms with Gasteiger partial charge in [0.1, 0.15) is 11.6 Å². The van der Waals surface area contributed by atoms with Crippen molar-refractivity contribution in [1.82, 2.24) is 14.8 Å². The van der Waals surface area contributed by atoms with Crippen LogP contribution in [0.2, 0.25) is 0 Å². The van der Waals surface area contributed by atoms with Gasteiger partial charge in [-0.3, -0.25) is 0 Å². The van der Waals surface area contributed by atoms with Crippen molar-refractivity contribution in [2.45, 2.75) is 13.5 Å². The Balaban J connectivity index is 2.44. The topological polar surface area (TPSA) is 30.7 Å². The number of rotatable bonds is 2. The third kappa shape index (κ3) is 1.86. The number of nitrogens with zero attached hydrogens (tertiary/aromatic N) is 3. The molecule has 0 unspecified atom stereocenters. The molecular formula is C10H8F2N3. The lowest BCUT2D eigenvalue weighted by molar-refractivity contribution is 0.584. The van der Waals surface area contributed by atoms with E-state index in [1.165, 1.54) is 16.8 Å². The highest BCUT2D eigenvalue weighted by Crippen LogP contribution is 2.19. The van der Waals surface area contributed by atoms with E-state index in [2.05, 4.69) is 16.4 Å². The van der Waals surface area contributed by atoms with E-state index in [-0.39, 0.29) is 11.4 Å². The molecule has 0 saturated carbocycles. The summed E-state index contributed by atoms with van der Waals surface area (Å²) in [5.74, 6) is -1.07. The minimum absolute atomic E-state index is 0.180. The second-order valence-electron chi connectivity index (χ2n) is 2.98. The Hall–Kier alpha value is -1.78. The first kappa shape index (κ1) is 9.76. The predicted octanol–water partition coefficient (Wildman–Crippen LogP) is 2.04. The average molecular weight is 208 g/mol. The lowest BCUT2D eigenvalue weighted by Crippen LogP contribution is -1.95. The zero-order valence-electron chi connectivity index (χ0n) is 8.04. The van der Waals surface area contributed by atoms with Crippen LogP contribution in [0.1, 0.15) is 6.92 Å². The van der Waals surface area contributed by atoms with Crippen LogP contribution in [0, 0.1) is 18.0 Å². The molecule has 0 spiro atoms. The number of benzene rings is 1. The average Bonchev–Trinajstić information content (AvgIpc) is 2.66. The number of aromatic nitrogens is 3. The summed E-state index contributed by atoms with van der Waals surface area (Å²) in [7, 11) is 0. The van der Waals surface area contributed by atoms with E-state index in [1.807, 2.05) is 6.92 Å². The summed E-state index contributed by atoms with van der Waals surface area (Å²) in [5, 5.41) is 3.98. The Bertz CT molecular complexity index is 479. The van der Waals surface area contributed by atoms with Crippen molar-refractivity contribution in [3.8, 4) is 11.4 Å². The Morgan fingerprint density at radius 2 is 2.20 bits per heavy atom. The lowest BCUT2D eigenvalue weighted by Gasteiger charge is -1.97. The largest absolute Gasteiger partial charge is 0.243 e. The SMILES string of the molecule is CCn1[c]nc(-c2ccc(F)cc2F)n1. The van der Waals surface area contributed by atoms with Crippen LogP contribution in [0.3, 0.4) is 0 Å². The summed E-state index contributed by atoms with van der Waals surface area (Å²) in [6.07, 6.45) is 2.59. The van der Waals surface area contributed by atoms with Crippen LogP contribution in [0.4, 0.5) is 8.78 Å². The number of halogens is 2. The maximum Gasteiger partial charge on any atom is 0.196 e. The van der Waals surface area contributed by atoms with Crippen molar-refractivity contribution >= 4 is 0 Å². The van der Waals surface area contributed by atoms with Gasteiger partial charge in [-0.2, -0.15) is 5.10 Å². The quantitative estimate of drug-likeness (QED) is 0.756. The van der Waals surface area contributed by atoms with Crippen molar-refractivity contribution in [1.29, 1.82) is 0 Å². The summed E-state index contributed by atoms with van der Waals surface area (Å²) in [4.78, 5) is 3.81. The fourth-order valence-corrected chi connectivity index (χ4v) is 1.19. The lowest BCUT2D eigenvalue weighted by atomic mass is 10.2. The van der Waals surface area contributed by atoms with E-state index < -0.39 is 11.6 Å². The van der Waals surface area contributed by atoms with E-state index in [0.29, 0.717) is 6.54 Å². The van der Waals surface area contributed by atoms with Crippen LogP contribution >= 0.6 is 0 Å². The van der Waals surface area contributed by atoms with E-state index in [1.54, 1.807) is 0 Å². The monoisotopic (exact) mass is 208 g/mol. The molecule has 0 atom stereocenters. The second-order valence-corrected chi connectivity index (χ2v) is 2.98. The molecule has 1 heterocycles. The molecule has 2 rings (SSSR count). The van der Waals surface area contributed by atoms with E-state index in [4.69, 9.17) is 0 Å². The molecule has 0 amide bonds. The molecule has 1 aromatic carbocycles. The Kier molecular flexibility index (Phi) is 2.45. The molecule has 1 radical (unpaired) electrons. The van der Waals surface area contributed by atoms with Crippen LogP contribution in [0.25, 0.3) is 11.4 Å². The highest BCUT2D eigenvalue weighted by Gasteiger charge is 2.10. The Labute approximate surface area is 85.4 Å². The maximum absolute atomic E-state index is 13.3. The molecule has 77 valence electrons. The molecule has 0 aliphatic carbocycles. The molecule has 0 bridgehead atoms. The number of aryl methyl sites for hydroxylation is 1. The van der Waals surface area contributed by atoms with Gasteiger partial charge in [-0.05, 0) is 19.1 Å². The molecule has 1 aromatic heterocycles. The van der Waals surface area contributed by atoms with Gasteiger partial charge in [-0.25, -0.2) is 18.4 Å². The molecule has 3 nitrogen and oxygen atoms in total.